The second-order valence-electron chi connectivity index (χ2n) is 8.58. The highest BCUT2D eigenvalue weighted by atomic mass is 16.3. The zero-order chi connectivity index (χ0) is 15.4. The molecule has 3 rings (SSSR count). The van der Waals surface area contributed by atoms with E-state index < -0.39 is 0 Å². The van der Waals surface area contributed by atoms with Crippen LogP contribution in [-0.2, 0) is 11.8 Å². The molecule has 0 saturated heterocycles. The van der Waals surface area contributed by atoms with Gasteiger partial charge in [-0.25, -0.2) is 0 Å². The van der Waals surface area contributed by atoms with Gasteiger partial charge in [-0.05, 0) is 58.6 Å². The third kappa shape index (κ3) is 2.25. The molecule has 3 atom stereocenters. The Bertz CT molecular complexity index is 543. The number of hydrogen-bond donors (Lipinski definition) is 1. The minimum Gasteiger partial charge on any atom is -0.392 e. The lowest BCUT2D eigenvalue weighted by Crippen LogP contribution is -2.54. The van der Waals surface area contributed by atoms with Gasteiger partial charge in [-0.2, -0.15) is 0 Å². The van der Waals surface area contributed by atoms with Crippen LogP contribution in [0.25, 0.3) is 0 Å². The molecule has 0 aliphatic heterocycles. The van der Waals surface area contributed by atoms with Crippen LogP contribution in [0.3, 0.4) is 0 Å². The number of fused-ring (bicyclic) bond motifs is 3. The first kappa shape index (κ1) is 15.1. The lowest BCUT2D eigenvalue weighted by atomic mass is 9.49. The summed E-state index contributed by atoms with van der Waals surface area (Å²) in [7, 11) is 0. The Morgan fingerprint density at radius 3 is 2.52 bits per heavy atom. The fourth-order valence-corrected chi connectivity index (χ4v) is 5.37. The summed E-state index contributed by atoms with van der Waals surface area (Å²) in [6.07, 6.45) is 4.37. The van der Waals surface area contributed by atoms with Gasteiger partial charge in [0.05, 0.1) is 6.10 Å². The van der Waals surface area contributed by atoms with E-state index in [4.69, 9.17) is 0 Å². The van der Waals surface area contributed by atoms with E-state index in [1.54, 1.807) is 0 Å². The van der Waals surface area contributed by atoms with E-state index in [-0.39, 0.29) is 16.9 Å². The van der Waals surface area contributed by atoms with Gasteiger partial charge in [-0.15, -0.1) is 0 Å². The number of hydrogen-bond acceptors (Lipinski definition) is 1. The third-order valence-corrected chi connectivity index (χ3v) is 6.27. The molecule has 116 valence electrons. The largest absolute Gasteiger partial charge is 0.392 e. The van der Waals surface area contributed by atoms with Gasteiger partial charge < -0.3 is 5.11 Å². The summed E-state index contributed by atoms with van der Waals surface area (Å²) >= 11 is 0. The predicted octanol–water partition coefficient (Wildman–Crippen LogP) is 4.81. The highest BCUT2D eigenvalue weighted by Gasteiger charge is 2.53. The summed E-state index contributed by atoms with van der Waals surface area (Å²) in [5.74, 6) is 0.942. The van der Waals surface area contributed by atoms with Crippen molar-refractivity contribution in [1.29, 1.82) is 0 Å². The van der Waals surface area contributed by atoms with Crippen molar-refractivity contribution in [2.75, 3.05) is 0 Å². The molecule has 0 spiro atoms. The molecule has 0 amide bonds. The van der Waals surface area contributed by atoms with Crippen LogP contribution >= 0.6 is 0 Å². The quantitative estimate of drug-likeness (QED) is 0.785. The van der Waals surface area contributed by atoms with Crippen LogP contribution in [0.15, 0.2) is 18.2 Å². The van der Waals surface area contributed by atoms with Crippen LogP contribution < -0.4 is 0 Å². The van der Waals surface area contributed by atoms with Gasteiger partial charge in [0, 0.05) is 0 Å². The molecular weight excluding hydrogens is 256 g/mol. The van der Waals surface area contributed by atoms with E-state index in [9.17, 15) is 5.11 Å². The minimum atomic E-state index is -0.194. The van der Waals surface area contributed by atoms with E-state index in [1.165, 1.54) is 36.0 Å². The van der Waals surface area contributed by atoms with Crippen LogP contribution in [0.1, 0.15) is 76.5 Å². The van der Waals surface area contributed by atoms with Crippen molar-refractivity contribution in [3.63, 3.8) is 0 Å². The van der Waals surface area contributed by atoms with E-state index in [2.05, 4.69) is 52.8 Å². The maximum atomic E-state index is 10.9. The first-order valence-corrected chi connectivity index (χ1v) is 8.57. The maximum Gasteiger partial charge on any atom is 0.0622 e. The lowest BCUT2D eigenvalue weighted by molar-refractivity contribution is -0.0534. The monoisotopic (exact) mass is 286 g/mol. The fraction of sp³-hybridized carbons (Fsp3) is 0.700. The van der Waals surface area contributed by atoms with Crippen LogP contribution in [0, 0.1) is 11.3 Å². The van der Waals surface area contributed by atoms with E-state index >= 15 is 0 Å². The van der Waals surface area contributed by atoms with Gasteiger partial charge in [0.2, 0.25) is 0 Å². The third-order valence-electron chi connectivity index (χ3n) is 6.27. The van der Waals surface area contributed by atoms with E-state index in [1.807, 2.05) is 0 Å². The van der Waals surface area contributed by atoms with Gasteiger partial charge >= 0.3 is 0 Å². The molecule has 2 aliphatic carbocycles. The average molecular weight is 286 g/mol. The summed E-state index contributed by atoms with van der Waals surface area (Å²) in [5, 5.41) is 10.9. The van der Waals surface area contributed by atoms with Crippen molar-refractivity contribution in [2.24, 2.45) is 11.3 Å². The van der Waals surface area contributed by atoms with Crippen LogP contribution in [0.2, 0.25) is 0 Å². The number of benzene rings is 1. The van der Waals surface area contributed by atoms with Crippen LogP contribution in [-0.4, -0.2) is 11.2 Å². The van der Waals surface area contributed by atoms with Gasteiger partial charge in [-0.1, -0.05) is 59.2 Å². The molecule has 21 heavy (non-hydrogen) atoms. The molecule has 1 N–H and O–H groups in total. The number of aliphatic hydroxyl groups excluding tert-OH is 1. The Morgan fingerprint density at radius 2 is 1.86 bits per heavy atom. The Morgan fingerprint density at radius 1 is 1.14 bits per heavy atom. The molecule has 1 aromatic rings. The summed E-state index contributed by atoms with van der Waals surface area (Å²) in [4.78, 5) is 0. The summed E-state index contributed by atoms with van der Waals surface area (Å²) in [6.45, 7) is 11.6. The Balaban J connectivity index is 2.12. The number of rotatable bonds is 1. The molecule has 2 aliphatic rings. The molecule has 1 fully saturated rings. The van der Waals surface area contributed by atoms with Gasteiger partial charge in [0.25, 0.3) is 0 Å². The molecule has 0 radical (unpaired) electrons. The highest BCUT2D eigenvalue weighted by Crippen LogP contribution is 2.57. The maximum absolute atomic E-state index is 10.9. The van der Waals surface area contributed by atoms with Crippen molar-refractivity contribution < 1.29 is 5.11 Å². The van der Waals surface area contributed by atoms with E-state index in [0.717, 1.165) is 6.42 Å². The smallest absolute Gasteiger partial charge is 0.0622 e. The molecule has 3 unspecified atom stereocenters. The van der Waals surface area contributed by atoms with Crippen molar-refractivity contribution in [1.82, 2.24) is 0 Å². The topological polar surface area (TPSA) is 20.2 Å². The van der Waals surface area contributed by atoms with Crippen molar-refractivity contribution in [2.45, 2.75) is 77.7 Å². The second kappa shape index (κ2) is 4.84. The fourth-order valence-electron chi connectivity index (χ4n) is 5.37. The SMILES string of the molecule is CC(C)c1ccc2c(c1)CC(O)C1C(C)(C)CCCC21C. The summed E-state index contributed by atoms with van der Waals surface area (Å²) in [5.41, 5.74) is 4.68. The number of aliphatic hydroxyl groups is 1. The Hall–Kier alpha value is -0.820. The van der Waals surface area contributed by atoms with Crippen molar-refractivity contribution in [3.8, 4) is 0 Å². The molecule has 0 bridgehead atoms. The molecule has 1 nitrogen and oxygen atoms in total. The standard InChI is InChI=1S/C20H30O/c1-13(2)14-7-8-16-15(11-14)12-17(21)18-19(3,4)9-6-10-20(16,18)5/h7-8,11,13,17-18,21H,6,9-10,12H2,1-5H3. The Labute approximate surface area is 129 Å². The van der Waals surface area contributed by atoms with Crippen LogP contribution in [0.5, 0.6) is 0 Å². The molecule has 1 saturated carbocycles. The van der Waals surface area contributed by atoms with Gasteiger partial charge in [0.1, 0.15) is 0 Å². The molecular formula is C20H30O. The van der Waals surface area contributed by atoms with E-state index in [0.29, 0.717) is 11.8 Å². The first-order valence-electron chi connectivity index (χ1n) is 8.57. The zero-order valence-electron chi connectivity index (χ0n) is 14.2. The molecule has 0 aromatic heterocycles. The summed E-state index contributed by atoms with van der Waals surface area (Å²) in [6, 6.07) is 7.03. The predicted molar refractivity (Wildman–Crippen MR) is 88.7 cm³/mol. The first-order chi connectivity index (χ1) is 9.75. The highest BCUT2D eigenvalue weighted by molar-refractivity contribution is 5.43. The molecule has 1 heteroatoms. The van der Waals surface area contributed by atoms with Crippen LogP contribution in [0.4, 0.5) is 0 Å². The van der Waals surface area contributed by atoms with Crippen molar-refractivity contribution in [3.05, 3.63) is 34.9 Å². The zero-order valence-corrected chi connectivity index (χ0v) is 14.2. The lowest BCUT2D eigenvalue weighted by Gasteiger charge is -2.56. The second-order valence-corrected chi connectivity index (χ2v) is 8.58. The van der Waals surface area contributed by atoms with Gasteiger partial charge in [0.15, 0.2) is 0 Å². The average Bonchev–Trinajstić information content (AvgIpc) is 2.36. The normalized spacial score (nSPS) is 34.4. The molecule has 0 heterocycles. The van der Waals surface area contributed by atoms with Crippen molar-refractivity contribution >= 4 is 0 Å². The minimum absolute atomic E-state index is 0.143. The van der Waals surface area contributed by atoms with Gasteiger partial charge in [-0.3, -0.25) is 0 Å². The molecule has 1 aromatic carbocycles. The Kier molecular flexibility index (Phi) is 3.48. The summed E-state index contributed by atoms with van der Waals surface area (Å²) < 4.78 is 0.